The van der Waals surface area contributed by atoms with Crippen LogP contribution in [-0.4, -0.2) is 40.7 Å². The molecule has 1 aliphatic rings. The number of amides is 2. The molecule has 1 aromatic heterocycles. The maximum atomic E-state index is 12.7. The topological polar surface area (TPSA) is 118 Å². The van der Waals surface area contributed by atoms with Gasteiger partial charge in [0.2, 0.25) is 5.91 Å². The van der Waals surface area contributed by atoms with Crippen LogP contribution in [0.2, 0.25) is 5.15 Å². The van der Waals surface area contributed by atoms with Crippen molar-refractivity contribution in [2.24, 2.45) is 0 Å². The molecular weight excluding hydrogens is 458 g/mol. The van der Waals surface area contributed by atoms with Crippen molar-refractivity contribution in [2.75, 3.05) is 11.9 Å². The summed E-state index contributed by atoms with van der Waals surface area (Å²) in [7, 11) is 0. The predicted molar refractivity (Wildman–Crippen MR) is 127 cm³/mol. The molecule has 0 fully saturated rings. The molecule has 9 heteroatoms. The van der Waals surface area contributed by atoms with Gasteiger partial charge >= 0.3 is 12.1 Å². The third kappa shape index (κ3) is 5.18. The molecule has 0 saturated carbocycles. The number of hydrogen-bond donors (Lipinski definition) is 3. The lowest BCUT2D eigenvalue weighted by Crippen LogP contribution is -2.44. The van der Waals surface area contributed by atoms with Gasteiger partial charge in [-0.05, 0) is 40.8 Å². The summed E-state index contributed by atoms with van der Waals surface area (Å²) in [5.41, 5.74) is 4.56. The first-order valence-corrected chi connectivity index (χ1v) is 11.1. The summed E-state index contributed by atoms with van der Waals surface area (Å²) in [5, 5.41) is 14.2. The van der Waals surface area contributed by atoms with E-state index < -0.39 is 24.0 Å². The van der Waals surface area contributed by atoms with Crippen LogP contribution in [0.5, 0.6) is 0 Å². The number of anilines is 1. The predicted octanol–water partition coefficient (Wildman–Crippen LogP) is 4.45. The number of aliphatic carboxylic acids is 1. The highest BCUT2D eigenvalue weighted by molar-refractivity contribution is 6.32. The number of carboxylic acids is 1. The first kappa shape index (κ1) is 23.3. The van der Waals surface area contributed by atoms with Crippen LogP contribution in [0.25, 0.3) is 11.1 Å². The monoisotopic (exact) mass is 479 g/mol. The van der Waals surface area contributed by atoms with Gasteiger partial charge in [0.25, 0.3) is 0 Å². The van der Waals surface area contributed by atoms with Crippen molar-refractivity contribution in [1.82, 2.24) is 10.3 Å². The van der Waals surface area contributed by atoms with Crippen LogP contribution in [0.4, 0.5) is 10.5 Å². The molecule has 3 N–H and O–H groups in total. The van der Waals surface area contributed by atoms with E-state index in [1.54, 1.807) is 12.1 Å². The first-order chi connectivity index (χ1) is 16.4. The van der Waals surface area contributed by atoms with Gasteiger partial charge in [0.15, 0.2) is 5.15 Å². The van der Waals surface area contributed by atoms with Gasteiger partial charge in [-0.25, -0.2) is 9.78 Å². The molecule has 2 aromatic carbocycles. The van der Waals surface area contributed by atoms with Crippen LogP contribution >= 0.6 is 11.6 Å². The minimum absolute atomic E-state index is 0.0710. The molecule has 3 aromatic rings. The molecule has 2 amide bonds. The fourth-order valence-electron chi connectivity index (χ4n) is 4.02. The highest BCUT2D eigenvalue weighted by Gasteiger charge is 2.30. The molecule has 174 valence electrons. The van der Waals surface area contributed by atoms with Crippen LogP contribution in [-0.2, 0) is 14.3 Å². The zero-order chi connectivity index (χ0) is 24.1. The van der Waals surface area contributed by atoms with Gasteiger partial charge in [-0.3, -0.25) is 9.59 Å². The maximum Gasteiger partial charge on any atom is 0.407 e. The average Bonchev–Trinajstić information content (AvgIpc) is 3.15. The van der Waals surface area contributed by atoms with E-state index in [4.69, 9.17) is 21.4 Å². The summed E-state index contributed by atoms with van der Waals surface area (Å²) in [4.78, 5) is 40.3. The summed E-state index contributed by atoms with van der Waals surface area (Å²) in [6.07, 6.45) is 0.213. The van der Waals surface area contributed by atoms with Crippen molar-refractivity contribution in [3.63, 3.8) is 0 Å². The second-order valence-corrected chi connectivity index (χ2v) is 8.14. The lowest BCUT2D eigenvalue weighted by molar-refractivity contribution is -0.137. The van der Waals surface area contributed by atoms with Crippen molar-refractivity contribution in [3.8, 4) is 11.1 Å². The molecule has 0 bridgehead atoms. The molecule has 34 heavy (non-hydrogen) atoms. The zero-order valence-electron chi connectivity index (χ0n) is 18.0. The number of carbonyl (C=O) groups is 3. The summed E-state index contributed by atoms with van der Waals surface area (Å²) < 4.78 is 5.49. The number of nitrogens with one attached hydrogen (secondary N) is 2. The lowest BCUT2D eigenvalue weighted by Gasteiger charge is -2.19. The van der Waals surface area contributed by atoms with E-state index in [9.17, 15) is 14.4 Å². The number of halogens is 1. The normalized spacial score (nSPS) is 12.9. The van der Waals surface area contributed by atoms with Gasteiger partial charge in [-0.1, -0.05) is 60.1 Å². The molecule has 0 aliphatic heterocycles. The van der Waals surface area contributed by atoms with Crippen LogP contribution in [0, 0.1) is 0 Å². The quantitative estimate of drug-likeness (QED) is 0.411. The van der Waals surface area contributed by atoms with Crippen molar-refractivity contribution in [1.29, 1.82) is 0 Å². The number of ether oxygens (including phenoxy) is 1. The van der Waals surface area contributed by atoms with Crippen molar-refractivity contribution >= 4 is 35.3 Å². The Bertz CT molecular complexity index is 1190. The summed E-state index contributed by atoms with van der Waals surface area (Å²) >= 11 is 5.98. The summed E-state index contributed by atoms with van der Waals surface area (Å²) in [6, 6.07) is 17.9. The number of fused-ring (bicyclic) bond motifs is 3. The van der Waals surface area contributed by atoms with Gasteiger partial charge in [-0.2, -0.15) is 0 Å². The Hall–Kier alpha value is -3.91. The van der Waals surface area contributed by atoms with E-state index >= 15 is 0 Å². The molecule has 4 rings (SSSR count). The van der Waals surface area contributed by atoms with E-state index in [-0.39, 0.29) is 36.2 Å². The minimum Gasteiger partial charge on any atom is -0.481 e. The number of carbonyl (C=O) groups excluding carboxylic acids is 2. The number of rotatable bonds is 8. The average molecular weight is 480 g/mol. The largest absolute Gasteiger partial charge is 0.481 e. The molecule has 0 radical (unpaired) electrons. The summed E-state index contributed by atoms with van der Waals surface area (Å²) in [6.45, 7) is 0.0710. The van der Waals surface area contributed by atoms with Gasteiger partial charge in [-0.15, -0.1) is 0 Å². The highest BCUT2D eigenvalue weighted by Crippen LogP contribution is 2.44. The molecule has 1 atom stereocenters. The van der Waals surface area contributed by atoms with Gasteiger partial charge in [0, 0.05) is 18.5 Å². The standard InChI is InChI=1S/C25H22ClN3O5/c26-23-20(10-5-13-27-23)28-24(32)21(11-12-22(30)31)29-25(33)34-14-19-17-8-3-1-6-15(17)16-7-2-4-9-18(16)19/h1-10,13,19,21H,11-12,14H2,(H,28,32)(H,29,33)(H,30,31). The Labute approximate surface area is 200 Å². The SMILES string of the molecule is O=C(O)CCC(NC(=O)OCC1c2ccccc2-c2ccccc21)C(=O)Nc1cccnc1Cl. The van der Waals surface area contributed by atoms with Crippen molar-refractivity contribution in [2.45, 2.75) is 24.8 Å². The van der Waals surface area contributed by atoms with E-state index in [0.29, 0.717) is 0 Å². The van der Waals surface area contributed by atoms with Gasteiger partial charge < -0.3 is 20.5 Å². The van der Waals surface area contributed by atoms with Crippen molar-refractivity contribution < 1.29 is 24.2 Å². The number of pyridine rings is 1. The Morgan fingerprint density at radius 1 is 1.00 bits per heavy atom. The van der Waals surface area contributed by atoms with E-state index in [2.05, 4.69) is 15.6 Å². The lowest BCUT2D eigenvalue weighted by atomic mass is 9.98. The first-order valence-electron chi connectivity index (χ1n) is 10.7. The molecule has 1 unspecified atom stereocenters. The molecule has 0 saturated heterocycles. The zero-order valence-corrected chi connectivity index (χ0v) is 18.8. The van der Waals surface area contributed by atoms with Crippen LogP contribution in [0.15, 0.2) is 66.9 Å². The second-order valence-electron chi connectivity index (χ2n) is 7.79. The highest BCUT2D eigenvalue weighted by atomic mass is 35.5. The Morgan fingerprint density at radius 3 is 2.26 bits per heavy atom. The number of nitrogens with zero attached hydrogens (tertiary/aromatic N) is 1. The second kappa shape index (κ2) is 10.4. The fraction of sp³-hybridized carbons (Fsp3) is 0.200. The number of hydrogen-bond acceptors (Lipinski definition) is 5. The van der Waals surface area contributed by atoms with E-state index in [0.717, 1.165) is 22.3 Å². The van der Waals surface area contributed by atoms with Crippen LogP contribution in [0.1, 0.15) is 29.9 Å². The fourth-order valence-corrected chi connectivity index (χ4v) is 4.18. The number of carboxylic acid groups (broad SMARTS) is 1. The Morgan fingerprint density at radius 2 is 1.65 bits per heavy atom. The molecule has 0 spiro atoms. The van der Waals surface area contributed by atoms with Gasteiger partial charge in [0.1, 0.15) is 12.6 Å². The number of aromatic nitrogens is 1. The van der Waals surface area contributed by atoms with E-state index in [1.165, 1.54) is 6.20 Å². The molecule has 1 aliphatic carbocycles. The molecule has 8 nitrogen and oxygen atoms in total. The Kier molecular flexibility index (Phi) is 7.08. The summed E-state index contributed by atoms with van der Waals surface area (Å²) in [5.74, 6) is -1.85. The minimum atomic E-state index is -1.14. The van der Waals surface area contributed by atoms with Crippen molar-refractivity contribution in [3.05, 3.63) is 83.1 Å². The number of benzene rings is 2. The van der Waals surface area contributed by atoms with Crippen LogP contribution < -0.4 is 10.6 Å². The van der Waals surface area contributed by atoms with E-state index in [1.807, 2.05) is 48.5 Å². The van der Waals surface area contributed by atoms with Crippen LogP contribution in [0.3, 0.4) is 0 Å². The molecular formula is C25H22ClN3O5. The third-order valence-corrected chi connectivity index (χ3v) is 5.92. The smallest absolute Gasteiger partial charge is 0.407 e. The van der Waals surface area contributed by atoms with Gasteiger partial charge in [0.05, 0.1) is 5.69 Å². The third-order valence-electron chi connectivity index (χ3n) is 5.62. The number of alkyl carbamates (subject to hydrolysis) is 1. The Balaban J connectivity index is 1.43. The molecule has 1 heterocycles. The maximum absolute atomic E-state index is 12.7.